The Bertz CT molecular complexity index is 716. The topological polar surface area (TPSA) is 79.5 Å². The lowest BCUT2D eigenvalue weighted by molar-refractivity contribution is -0.117. The van der Waals surface area contributed by atoms with Gasteiger partial charge in [-0.1, -0.05) is 23.7 Å². The molecule has 0 radical (unpaired) electrons. The normalized spacial score (nSPS) is 21.6. The first-order valence-electron chi connectivity index (χ1n) is 7.11. The fraction of sp³-hybridized carbons (Fsp3) is 0.400. The zero-order chi connectivity index (χ0) is 15.9. The standard InChI is InChI=1S/C15H16ClN3O3/c1-3-12-13(20)7-14(21)19(12)9-4-5-10(11(16)6-9)15-17-8(2)22-18-15/h4-6,12-13,20H,3,7H2,1-2H3/t12-,13-/m0/s1. The third-order valence-corrected chi connectivity index (χ3v) is 4.16. The van der Waals surface area contributed by atoms with Crippen LogP contribution in [0.5, 0.6) is 0 Å². The Labute approximate surface area is 132 Å². The smallest absolute Gasteiger partial charge is 0.230 e. The molecule has 0 bridgehead atoms. The van der Waals surface area contributed by atoms with E-state index < -0.39 is 6.10 Å². The lowest BCUT2D eigenvalue weighted by atomic mass is 10.1. The van der Waals surface area contributed by atoms with Gasteiger partial charge >= 0.3 is 0 Å². The molecular weight excluding hydrogens is 306 g/mol. The average Bonchev–Trinajstić information content (AvgIpc) is 3.01. The predicted molar refractivity (Wildman–Crippen MR) is 81.7 cm³/mol. The van der Waals surface area contributed by atoms with Crippen molar-refractivity contribution in [2.24, 2.45) is 0 Å². The lowest BCUT2D eigenvalue weighted by Crippen LogP contribution is -2.36. The second-order valence-corrected chi connectivity index (χ2v) is 5.72. The van der Waals surface area contributed by atoms with Crippen molar-refractivity contribution in [3.05, 3.63) is 29.1 Å². The summed E-state index contributed by atoms with van der Waals surface area (Å²) in [4.78, 5) is 17.9. The van der Waals surface area contributed by atoms with Gasteiger partial charge in [0.15, 0.2) is 0 Å². The monoisotopic (exact) mass is 321 g/mol. The molecule has 6 nitrogen and oxygen atoms in total. The maximum atomic E-state index is 12.1. The van der Waals surface area contributed by atoms with Crippen molar-refractivity contribution < 1.29 is 14.4 Å². The van der Waals surface area contributed by atoms with E-state index in [-0.39, 0.29) is 18.4 Å². The van der Waals surface area contributed by atoms with Crippen molar-refractivity contribution >= 4 is 23.2 Å². The molecule has 2 atom stereocenters. The van der Waals surface area contributed by atoms with E-state index in [1.165, 1.54) is 0 Å². The third kappa shape index (κ3) is 2.48. The van der Waals surface area contributed by atoms with E-state index in [2.05, 4.69) is 10.1 Å². The summed E-state index contributed by atoms with van der Waals surface area (Å²) in [5, 5.41) is 14.2. The lowest BCUT2D eigenvalue weighted by Gasteiger charge is -2.25. The van der Waals surface area contributed by atoms with Gasteiger partial charge in [-0.2, -0.15) is 4.98 Å². The van der Waals surface area contributed by atoms with E-state index in [1.54, 1.807) is 30.0 Å². The number of nitrogens with zero attached hydrogens (tertiary/aromatic N) is 3. The summed E-state index contributed by atoms with van der Waals surface area (Å²) in [5.41, 5.74) is 1.31. The molecule has 2 aromatic rings. The number of aliphatic hydroxyl groups excluding tert-OH is 1. The van der Waals surface area contributed by atoms with Crippen molar-refractivity contribution in [2.45, 2.75) is 38.8 Å². The highest BCUT2D eigenvalue weighted by molar-refractivity contribution is 6.33. The van der Waals surface area contributed by atoms with Crippen LogP contribution in [0.25, 0.3) is 11.4 Å². The Hall–Kier alpha value is -1.92. The molecule has 0 unspecified atom stereocenters. The Kier molecular flexibility index (Phi) is 3.88. The molecule has 7 heteroatoms. The predicted octanol–water partition coefficient (Wildman–Crippen LogP) is 2.57. The molecule has 0 saturated carbocycles. The summed E-state index contributed by atoms with van der Waals surface area (Å²) in [6.07, 6.45) is 0.175. The molecule has 1 amide bonds. The summed E-state index contributed by atoms with van der Waals surface area (Å²) in [6.45, 7) is 3.65. The summed E-state index contributed by atoms with van der Waals surface area (Å²) < 4.78 is 4.95. The van der Waals surface area contributed by atoms with Crippen molar-refractivity contribution in [3.8, 4) is 11.4 Å². The van der Waals surface area contributed by atoms with E-state index in [1.807, 2.05) is 6.92 Å². The van der Waals surface area contributed by atoms with E-state index in [0.29, 0.717) is 34.4 Å². The van der Waals surface area contributed by atoms with E-state index in [4.69, 9.17) is 16.1 Å². The van der Waals surface area contributed by atoms with Crippen molar-refractivity contribution in [3.63, 3.8) is 0 Å². The number of amides is 1. The van der Waals surface area contributed by atoms with Gasteiger partial charge < -0.3 is 14.5 Å². The molecule has 116 valence electrons. The van der Waals surface area contributed by atoms with Crippen LogP contribution >= 0.6 is 11.6 Å². The van der Waals surface area contributed by atoms with Crippen LogP contribution in [0.1, 0.15) is 25.7 Å². The van der Waals surface area contributed by atoms with Crippen LogP contribution in [0.3, 0.4) is 0 Å². The van der Waals surface area contributed by atoms with Crippen LogP contribution in [-0.4, -0.2) is 33.3 Å². The van der Waals surface area contributed by atoms with E-state index >= 15 is 0 Å². The first kappa shape index (κ1) is 15.0. The molecule has 1 fully saturated rings. The molecule has 1 aliphatic heterocycles. The second kappa shape index (κ2) is 5.70. The Balaban J connectivity index is 1.96. The number of hydrogen-bond donors (Lipinski definition) is 1. The summed E-state index contributed by atoms with van der Waals surface area (Å²) in [5.74, 6) is 0.770. The van der Waals surface area contributed by atoms with Gasteiger partial charge in [-0.25, -0.2) is 0 Å². The third-order valence-electron chi connectivity index (χ3n) is 3.85. The molecular formula is C15H16ClN3O3. The van der Waals surface area contributed by atoms with Gasteiger partial charge in [0.25, 0.3) is 0 Å². The quantitative estimate of drug-likeness (QED) is 0.940. The highest BCUT2D eigenvalue weighted by atomic mass is 35.5. The number of hydrogen-bond acceptors (Lipinski definition) is 5. The first-order chi connectivity index (χ1) is 10.5. The van der Waals surface area contributed by atoms with Gasteiger partial charge in [-0.3, -0.25) is 4.79 Å². The minimum Gasteiger partial charge on any atom is -0.390 e. The number of aryl methyl sites for hydroxylation is 1. The molecule has 0 aliphatic carbocycles. The first-order valence-corrected chi connectivity index (χ1v) is 7.49. The number of halogens is 1. The minimum atomic E-state index is -0.643. The fourth-order valence-electron chi connectivity index (χ4n) is 2.80. The van der Waals surface area contributed by atoms with E-state index in [9.17, 15) is 9.90 Å². The van der Waals surface area contributed by atoms with Crippen LogP contribution in [-0.2, 0) is 4.79 Å². The highest BCUT2D eigenvalue weighted by Gasteiger charge is 2.38. The van der Waals surface area contributed by atoms with Crippen LogP contribution in [0.4, 0.5) is 5.69 Å². The molecule has 1 aromatic carbocycles. The van der Waals surface area contributed by atoms with Gasteiger partial charge in [-0.05, 0) is 24.6 Å². The molecule has 0 spiro atoms. The van der Waals surface area contributed by atoms with Gasteiger partial charge in [-0.15, -0.1) is 0 Å². The van der Waals surface area contributed by atoms with Gasteiger partial charge in [0.05, 0.1) is 23.6 Å². The van der Waals surface area contributed by atoms with Crippen molar-refractivity contribution in [2.75, 3.05) is 4.90 Å². The van der Waals surface area contributed by atoms with Crippen LogP contribution in [0.2, 0.25) is 5.02 Å². The fourth-order valence-corrected chi connectivity index (χ4v) is 3.06. The number of carbonyl (C=O) groups is 1. The molecule has 22 heavy (non-hydrogen) atoms. The maximum absolute atomic E-state index is 12.1. The molecule has 1 aromatic heterocycles. The number of anilines is 1. The zero-order valence-corrected chi connectivity index (χ0v) is 13.0. The SMILES string of the molecule is CC[C@H]1[C@@H](O)CC(=O)N1c1ccc(-c2noc(C)n2)c(Cl)c1. The van der Waals surface area contributed by atoms with Crippen molar-refractivity contribution in [1.82, 2.24) is 10.1 Å². The Morgan fingerprint density at radius 3 is 2.86 bits per heavy atom. The zero-order valence-electron chi connectivity index (χ0n) is 12.3. The van der Waals surface area contributed by atoms with Crippen molar-refractivity contribution in [1.29, 1.82) is 0 Å². The molecule has 1 aliphatic rings. The number of aromatic nitrogens is 2. The molecule has 2 heterocycles. The van der Waals surface area contributed by atoms with Crippen LogP contribution in [0, 0.1) is 6.92 Å². The number of benzene rings is 1. The Morgan fingerprint density at radius 1 is 1.50 bits per heavy atom. The summed E-state index contributed by atoms with van der Waals surface area (Å²) >= 11 is 6.30. The van der Waals surface area contributed by atoms with Gasteiger partial charge in [0, 0.05) is 18.2 Å². The van der Waals surface area contributed by atoms with Gasteiger partial charge in [0.2, 0.25) is 17.6 Å². The minimum absolute atomic E-state index is 0.0985. The molecule has 3 rings (SSSR count). The number of rotatable bonds is 3. The second-order valence-electron chi connectivity index (χ2n) is 5.31. The number of aliphatic hydroxyl groups is 1. The largest absolute Gasteiger partial charge is 0.390 e. The molecule has 1 saturated heterocycles. The average molecular weight is 322 g/mol. The van der Waals surface area contributed by atoms with Crippen LogP contribution < -0.4 is 4.90 Å². The Morgan fingerprint density at radius 2 is 2.27 bits per heavy atom. The van der Waals surface area contributed by atoms with E-state index in [0.717, 1.165) is 0 Å². The summed E-state index contributed by atoms with van der Waals surface area (Å²) in [7, 11) is 0. The molecule has 1 N–H and O–H groups in total. The van der Waals surface area contributed by atoms with Crippen LogP contribution in [0.15, 0.2) is 22.7 Å². The highest BCUT2D eigenvalue weighted by Crippen LogP contribution is 2.34. The maximum Gasteiger partial charge on any atom is 0.230 e. The summed E-state index contributed by atoms with van der Waals surface area (Å²) in [6, 6.07) is 5.01. The number of carbonyl (C=O) groups excluding carboxylic acids is 1. The van der Waals surface area contributed by atoms with Gasteiger partial charge in [0.1, 0.15) is 0 Å².